The molecule has 0 saturated carbocycles. The number of benzene rings is 1. The summed E-state index contributed by atoms with van der Waals surface area (Å²) in [6.07, 6.45) is 2.34. The number of hydrogen-bond donors (Lipinski definition) is 1. The van der Waals surface area contributed by atoms with Crippen molar-refractivity contribution < 1.29 is 18.8 Å². The van der Waals surface area contributed by atoms with Gasteiger partial charge in [0.25, 0.3) is 5.91 Å². The second-order valence-electron chi connectivity index (χ2n) is 7.42. The smallest absolute Gasteiger partial charge is 0.322 e. The second-order valence-corrected chi connectivity index (χ2v) is 7.42. The minimum atomic E-state index is -0.619. The predicted octanol–water partition coefficient (Wildman–Crippen LogP) is 1.63. The molecule has 0 aromatic heterocycles. The first-order valence-corrected chi connectivity index (χ1v) is 9.55. The van der Waals surface area contributed by atoms with Gasteiger partial charge in [0.1, 0.15) is 5.82 Å². The van der Waals surface area contributed by atoms with Crippen molar-refractivity contribution in [3.63, 3.8) is 0 Å². The number of rotatable bonds is 4. The Morgan fingerprint density at radius 1 is 1.18 bits per heavy atom. The van der Waals surface area contributed by atoms with E-state index >= 15 is 0 Å². The van der Waals surface area contributed by atoms with Crippen LogP contribution in [0.15, 0.2) is 35.5 Å². The van der Waals surface area contributed by atoms with E-state index in [9.17, 15) is 18.8 Å². The van der Waals surface area contributed by atoms with Crippen LogP contribution >= 0.6 is 0 Å². The minimum absolute atomic E-state index is 0.0628. The van der Waals surface area contributed by atoms with E-state index in [0.29, 0.717) is 29.9 Å². The van der Waals surface area contributed by atoms with Crippen LogP contribution in [0, 0.1) is 5.82 Å². The summed E-state index contributed by atoms with van der Waals surface area (Å²) in [5, 5.41) is 2.82. The van der Waals surface area contributed by atoms with E-state index in [-0.39, 0.29) is 30.1 Å². The van der Waals surface area contributed by atoms with Crippen LogP contribution in [0.3, 0.4) is 0 Å². The molecule has 1 N–H and O–H groups in total. The summed E-state index contributed by atoms with van der Waals surface area (Å²) in [5.41, 5.74) is 1.78. The lowest BCUT2D eigenvalue weighted by atomic mass is 9.96. The van der Waals surface area contributed by atoms with Gasteiger partial charge in [-0.2, -0.15) is 0 Å². The van der Waals surface area contributed by atoms with Crippen LogP contribution in [0.5, 0.6) is 0 Å². The highest BCUT2D eigenvalue weighted by Crippen LogP contribution is 2.35. The molecule has 7 nitrogen and oxygen atoms in total. The maximum atomic E-state index is 13.3. The van der Waals surface area contributed by atoms with Crippen molar-refractivity contribution in [3.8, 4) is 0 Å². The number of amides is 4. The van der Waals surface area contributed by atoms with Gasteiger partial charge < -0.3 is 15.1 Å². The van der Waals surface area contributed by atoms with Crippen LogP contribution in [0.25, 0.3) is 0 Å². The van der Waals surface area contributed by atoms with Crippen LogP contribution in [-0.2, 0) is 9.59 Å². The normalized spacial score (nSPS) is 22.1. The van der Waals surface area contributed by atoms with Crippen molar-refractivity contribution in [2.45, 2.75) is 25.3 Å². The van der Waals surface area contributed by atoms with E-state index in [4.69, 9.17) is 0 Å². The fourth-order valence-electron chi connectivity index (χ4n) is 4.06. The summed E-state index contributed by atoms with van der Waals surface area (Å²) in [6, 6.07) is 4.84. The lowest BCUT2D eigenvalue weighted by molar-refractivity contribution is -0.131. The zero-order chi connectivity index (χ0) is 19.8. The van der Waals surface area contributed by atoms with Crippen LogP contribution in [0.4, 0.5) is 9.18 Å². The minimum Gasteiger partial charge on any atom is -0.343 e. The molecule has 0 spiro atoms. The molecule has 3 heterocycles. The molecule has 1 aromatic rings. The van der Waals surface area contributed by atoms with Gasteiger partial charge in [0, 0.05) is 33.1 Å². The lowest BCUT2D eigenvalue weighted by Gasteiger charge is -2.31. The molecule has 4 amide bonds. The van der Waals surface area contributed by atoms with Crippen molar-refractivity contribution in [3.05, 3.63) is 46.9 Å². The summed E-state index contributed by atoms with van der Waals surface area (Å²) in [7, 11) is 1.62. The van der Waals surface area contributed by atoms with Crippen LogP contribution < -0.4 is 5.32 Å². The van der Waals surface area contributed by atoms with E-state index in [1.165, 1.54) is 17.0 Å². The monoisotopic (exact) mass is 386 g/mol. The van der Waals surface area contributed by atoms with E-state index in [1.54, 1.807) is 24.1 Å². The highest BCUT2D eigenvalue weighted by Gasteiger charge is 2.42. The van der Waals surface area contributed by atoms with E-state index in [2.05, 4.69) is 5.32 Å². The molecule has 1 fully saturated rings. The molecule has 148 valence electrons. The fourth-order valence-corrected chi connectivity index (χ4v) is 4.06. The molecule has 8 heteroatoms. The van der Waals surface area contributed by atoms with Gasteiger partial charge in [0.15, 0.2) is 0 Å². The molecule has 3 aliphatic rings. The molecular formula is C20H23FN4O3. The SMILES string of the molecule is CN1C(=O)NC(c2ccc(F)cc2)C2=C1CN(CCC(=O)N1CCCC1)C2=O. The lowest BCUT2D eigenvalue weighted by Crippen LogP contribution is -2.45. The number of carbonyl (C=O) groups is 3. The van der Waals surface area contributed by atoms with E-state index < -0.39 is 6.04 Å². The molecule has 0 bridgehead atoms. The van der Waals surface area contributed by atoms with Gasteiger partial charge in [-0.25, -0.2) is 9.18 Å². The average molecular weight is 386 g/mol. The summed E-state index contributed by atoms with van der Waals surface area (Å²) in [5.74, 6) is -0.504. The molecule has 3 aliphatic heterocycles. The van der Waals surface area contributed by atoms with Crippen molar-refractivity contribution in [1.82, 2.24) is 20.0 Å². The van der Waals surface area contributed by atoms with Gasteiger partial charge in [0.2, 0.25) is 5.91 Å². The standard InChI is InChI=1S/C20H23FN4O3/c1-23-15-12-25(11-8-16(26)24-9-2-3-10-24)19(27)17(15)18(22-20(23)28)13-4-6-14(21)7-5-13/h4-7,18H,2-3,8-12H2,1H3,(H,22,28). The fraction of sp³-hybridized carbons (Fsp3) is 0.450. The summed E-state index contributed by atoms with van der Waals surface area (Å²) in [6.45, 7) is 2.19. The second kappa shape index (κ2) is 7.26. The molecule has 1 saturated heterocycles. The number of carbonyl (C=O) groups excluding carboxylic acids is 3. The third-order valence-electron chi connectivity index (χ3n) is 5.69. The number of nitrogens with one attached hydrogen (secondary N) is 1. The average Bonchev–Trinajstić information content (AvgIpc) is 3.33. The Balaban J connectivity index is 1.52. The Labute approximate surface area is 162 Å². The third-order valence-corrected chi connectivity index (χ3v) is 5.69. The molecule has 1 unspecified atom stereocenters. The van der Waals surface area contributed by atoms with Gasteiger partial charge in [-0.3, -0.25) is 14.5 Å². The quantitative estimate of drug-likeness (QED) is 0.855. The summed E-state index contributed by atoms with van der Waals surface area (Å²) >= 11 is 0. The van der Waals surface area contributed by atoms with Gasteiger partial charge >= 0.3 is 6.03 Å². The molecule has 1 aromatic carbocycles. The van der Waals surface area contributed by atoms with E-state index in [0.717, 1.165) is 25.9 Å². The first-order chi connectivity index (χ1) is 13.5. The Kier molecular flexibility index (Phi) is 4.78. The highest BCUT2D eigenvalue weighted by atomic mass is 19.1. The number of likely N-dealkylation sites (tertiary alicyclic amines) is 1. The first-order valence-electron chi connectivity index (χ1n) is 9.55. The van der Waals surface area contributed by atoms with Gasteiger partial charge in [-0.1, -0.05) is 12.1 Å². The Bertz CT molecular complexity index is 846. The molecule has 0 radical (unpaired) electrons. The molecule has 28 heavy (non-hydrogen) atoms. The number of halogens is 1. The molecule has 4 rings (SSSR count). The van der Waals surface area contributed by atoms with Crippen LogP contribution in [0.1, 0.15) is 30.9 Å². The van der Waals surface area contributed by atoms with Crippen molar-refractivity contribution in [2.24, 2.45) is 0 Å². The number of hydrogen-bond acceptors (Lipinski definition) is 3. The van der Waals surface area contributed by atoms with Gasteiger partial charge in [-0.05, 0) is 30.5 Å². The van der Waals surface area contributed by atoms with Crippen LogP contribution in [0.2, 0.25) is 0 Å². The Morgan fingerprint density at radius 2 is 1.86 bits per heavy atom. The number of urea groups is 1. The Morgan fingerprint density at radius 3 is 2.54 bits per heavy atom. The van der Waals surface area contributed by atoms with Crippen molar-refractivity contribution >= 4 is 17.8 Å². The van der Waals surface area contributed by atoms with Gasteiger partial charge in [0.05, 0.1) is 23.9 Å². The van der Waals surface area contributed by atoms with Crippen molar-refractivity contribution in [1.29, 1.82) is 0 Å². The van der Waals surface area contributed by atoms with E-state index in [1.807, 2.05) is 4.90 Å². The van der Waals surface area contributed by atoms with Gasteiger partial charge in [-0.15, -0.1) is 0 Å². The zero-order valence-corrected chi connectivity index (χ0v) is 15.8. The Hall–Kier alpha value is -2.90. The predicted molar refractivity (Wildman–Crippen MR) is 99.5 cm³/mol. The summed E-state index contributed by atoms with van der Waals surface area (Å²) in [4.78, 5) is 42.6. The zero-order valence-electron chi connectivity index (χ0n) is 15.8. The maximum Gasteiger partial charge on any atom is 0.322 e. The number of likely N-dealkylation sites (N-methyl/N-ethyl adjacent to an activating group) is 1. The highest BCUT2D eigenvalue weighted by molar-refractivity contribution is 6.01. The molecule has 1 atom stereocenters. The summed E-state index contributed by atoms with van der Waals surface area (Å²) < 4.78 is 13.3. The largest absolute Gasteiger partial charge is 0.343 e. The van der Waals surface area contributed by atoms with Crippen molar-refractivity contribution in [2.75, 3.05) is 33.2 Å². The first kappa shape index (κ1) is 18.5. The maximum absolute atomic E-state index is 13.3. The molecule has 0 aliphatic carbocycles. The topological polar surface area (TPSA) is 73.0 Å². The third kappa shape index (κ3) is 3.23. The number of nitrogens with zero attached hydrogens (tertiary/aromatic N) is 3. The molecular weight excluding hydrogens is 363 g/mol. The van der Waals surface area contributed by atoms with Crippen LogP contribution in [-0.4, -0.2) is 65.8 Å².